The summed E-state index contributed by atoms with van der Waals surface area (Å²) in [5.74, 6) is 0. The molecule has 18 rings (SSSR count). The summed E-state index contributed by atoms with van der Waals surface area (Å²) in [5.41, 5.74) is 8.69. The van der Waals surface area contributed by atoms with Crippen LogP contribution >= 0.6 is 0 Å². The Kier molecular flexibility index (Phi) is 18.6. The molecular weight excluding hydrogens is 1020 g/mol. The van der Waals surface area contributed by atoms with Gasteiger partial charge in [0, 0.05) is 122 Å². The second kappa shape index (κ2) is 28.5. The van der Waals surface area contributed by atoms with Gasteiger partial charge in [-0.25, -0.2) is 38.0 Å². The van der Waals surface area contributed by atoms with Crippen molar-refractivity contribution in [2.24, 2.45) is 0 Å². The van der Waals surface area contributed by atoms with E-state index in [1.807, 2.05) is 207 Å². The number of hydrogen-bond acceptors (Lipinski definition) is 10. The second-order valence-electron chi connectivity index (χ2n) is 17.3. The monoisotopic (exact) mass is 1070 g/mol. The molecule has 0 spiro atoms. The van der Waals surface area contributed by atoms with Crippen LogP contribution in [0.5, 0.6) is 0 Å². The Balaban J connectivity index is 0.000000103. The molecule has 0 fully saturated rings. The maximum atomic E-state index is 4.10. The van der Waals surface area contributed by atoms with E-state index in [4.69, 9.17) is 0 Å². The van der Waals surface area contributed by atoms with E-state index in [0.29, 0.717) is 0 Å². The van der Waals surface area contributed by atoms with E-state index in [-0.39, 0.29) is 0 Å². The Morgan fingerprint density at radius 2 is 0.695 bits per heavy atom. The molecule has 16 aromatic heterocycles. The summed E-state index contributed by atoms with van der Waals surface area (Å²) in [6, 6.07) is 60.3. The largest absolute Gasteiger partial charge is 0.324 e. The Morgan fingerprint density at radius 1 is 0.220 bits per heavy atom. The second-order valence-corrected chi connectivity index (χ2v) is 17.3. The Morgan fingerprint density at radius 3 is 1.41 bits per heavy atom. The summed E-state index contributed by atoms with van der Waals surface area (Å²) in [4.78, 5) is 23.9. The zero-order valence-corrected chi connectivity index (χ0v) is 44.2. The third-order valence-corrected chi connectivity index (χ3v) is 11.9. The molecule has 0 aliphatic heterocycles. The van der Waals surface area contributed by atoms with E-state index < -0.39 is 0 Å². The fourth-order valence-corrected chi connectivity index (χ4v) is 7.93. The fraction of sp³-hybridized carbons (Fsp3) is 0. The van der Waals surface area contributed by atoms with Crippen LogP contribution < -0.4 is 0 Å². The van der Waals surface area contributed by atoms with E-state index in [9.17, 15) is 0 Å². The zero-order valence-electron chi connectivity index (χ0n) is 44.2. The highest BCUT2D eigenvalue weighted by molar-refractivity contribution is 5.82. The van der Waals surface area contributed by atoms with Crippen LogP contribution in [0, 0.1) is 0 Å². The van der Waals surface area contributed by atoms with E-state index in [0.717, 1.165) is 33.4 Å². The molecule has 400 valence electrons. The maximum Gasteiger partial charge on any atom is 0.154 e. The van der Waals surface area contributed by atoms with Gasteiger partial charge in [-0.3, -0.25) is 9.97 Å². The molecule has 0 bridgehead atoms. The van der Waals surface area contributed by atoms with Crippen molar-refractivity contribution < 1.29 is 0 Å². The van der Waals surface area contributed by atoms with E-state index in [1.54, 1.807) is 94.4 Å². The minimum absolute atomic E-state index is 0.887. The average molecular weight is 1080 g/mol. The summed E-state index contributed by atoms with van der Waals surface area (Å²) >= 11 is 0. The van der Waals surface area contributed by atoms with Gasteiger partial charge in [0.1, 0.15) is 12.0 Å². The van der Waals surface area contributed by atoms with Gasteiger partial charge in [0.15, 0.2) is 5.65 Å². The first-order valence-corrected chi connectivity index (χ1v) is 25.9. The zero-order chi connectivity index (χ0) is 55.6. The van der Waals surface area contributed by atoms with Gasteiger partial charge in [-0.15, -0.1) is 0 Å². The highest BCUT2D eigenvalue weighted by atomic mass is 15.2. The molecular formula is C64H54N18. The highest BCUT2D eigenvalue weighted by Gasteiger charge is 1.92. The van der Waals surface area contributed by atoms with E-state index >= 15 is 0 Å². The van der Waals surface area contributed by atoms with Gasteiger partial charge >= 0.3 is 0 Å². The van der Waals surface area contributed by atoms with Crippen LogP contribution in [0.1, 0.15) is 0 Å². The lowest BCUT2D eigenvalue weighted by molar-refractivity contribution is 0.921. The molecule has 0 saturated heterocycles. The van der Waals surface area contributed by atoms with Crippen molar-refractivity contribution in [2.45, 2.75) is 0 Å². The molecule has 0 atom stereocenters. The molecule has 0 N–H and O–H groups in total. The molecule has 0 amide bonds. The van der Waals surface area contributed by atoms with Crippen molar-refractivity contribution in [3.8, 4) is 0 Å². The third kappa shape index (κ3) is 15.2. The first kappa shape index (κ1) is 53.5. The molecule has 0 saturated carbocycles. The van der Waals surface area contributed by atoms with Crippen LogP contribution in [0.3, 0.4) is 0 Å². The van der Waals surface area contributed by atoms with Gasteiger partial charge in [0.2, 0.25) is 0 Å². The van der Waals surface area contributed by atoms with Crippen LogP contribution in [-0.2, 0) is 0 Å². The average Bonchev–Trinajstić information content (AvgIpc) is 4.40. The van der Waals surface area contributed by atoms with Crippen molar-refractivity contribution in [3.63, 3.8) is 0 Å². The first-order chi connectivity index (χ1) is 40.7. The number of benzene rings is 2. The summed E-state index contributed by atoms with van der Waals surface area (Å²) in [6.07, 6.45) is 44.1. The Hall–Kier alpha value is -11.9. The normalized spacial score (nSPS) is 10.2. The highest BCUT2D eigenvalue weighted by Crippen LogP contribution is 2.11. The molecule has 2 aromatic carbocycles. The quantitative estimate of drug-likeness (QED) is 0.143. The minimum Gasteiger partial charge on any atom is -0.324 e. The molecule has 0 radical (unpaired) electrons. The first-order valence-electron chi connectivity index (χ1n) is 25.9. The molecule has 82 heavy (non-hydrogen) atoms. The van der Waals surface area contributed by atoms with Gasteiger partial charge in [-0.05, 0) is 132 Å². The van der Waals surface area contributed by atoms with Gasteiger partial charge in [0.05, 0.1) is 59.4 Å². The third-order valence-electron chi connectivity index (χ3n) is 11.9. The van der Waals surface area contributed by atoms with Crippen molar-refractivity contribution in [2.75, 3.05) is 0 Å². The summed E-state index contributed by atoms with van der Waals surface area (Å²) in [7, 11) is 0. The number of pyridine rings is 1. The number of aromatic nitrogens is 18. The van der Waals surface area contributed by atoms with E-state index in [1.165, 1.54) is 21.8 Å². The predicted octanol–water partition coefficient (Wildman–Crippen LogP) is 12.3. The van der Waals surface area contributed by atoms with Crippen LogP contribution in [0.15, 0.2) is 331 Å². The molecule has 0 aliphatic rings. The van der Waals surface area contributed by atoms with Gasteiger partial charge in [0.25, 0.3) is 0 Å². The van der Waals surface area contributed by atoms with Crippen molar-refractivity contribution in [3.05, 3.63) is 331 Å². The van der Waals surface area contributed by atoms with Crippen molar-refractivity contribution in [1.82, 2.24) is 86.0 Å². The fourth-order valence-electron chi connectivity index (χ4n) is 7.93. The van der Waals surface area contributed by atoms with Crippen LogP contribution in [0.25, 0.3) is 55.2 Å². The van der Waals surface area contributed by atoms with Crippen LogP contribution in [-0.4, -0.2) is 86.0 Å². The number of rotatable bonds is 0. The lowest BCUT2D eigenvalue weighted by atomic mass is 10.1. The molecule has 0 unspecified atom stereocenters. The molecule has 16 heterocycles. The lowest BCUT2D eigenvalue weighted by Crippen LogP contribution is -1.85. The number of hydrogen-bond donors (Lipinski definition) is 0. The minimum atomic E-state index is 0.887. The predicted molar refractivity (Wildman–Crippen MR) is 321 cm³/mol. The van der Waals surface area contributed by atoms with Crippen molar-refractivity contribution >= 4 is 55.2 Å². The molecule has 0 aliphatic carbocycles. The van der Waals surface area contributed by atoms with Gasteiger partial charge in [-0.2, -0.15) is 20.4 Å². The van der Waals surface area contributed by atoms with Gasteiger partial charge in [-0.1, -0.05) is 54.6 Å². The topological polar surface area (TPSA) is 164 Å². The SMILES string of the molecule is c1cc2ccncn2c1.c1cc2ccnn2cn1.c1cc2cnccn2c1.c1ccc2ccccc2c1.c1ccn2cccc2c1.c1cn2nccc2cn1.c1cnc2cccn2c1.c1cnc2ccnn2c1.c1cnn2cccc2c1. The van der Waals surface area contributed by atoms with E-state index in [2.05, 4.69) is 115 Å². The van der Waals surface area contributed by atoms with Crippen molar-refractivity contribution in [1.29, 1.82) is 0 Å². The number of fused-ring (bicyclic) bond motifs is 9. The molecule has 18 heteroatoms. The summed E-state index contributed by atoms with van der Waals surface area (Å²) in [6.45, 7) is 0. The molecule has 18 nitrogen and oxygen atoms in total. The van der Waals surface area contributed by atoms with Crippen LogP contribution in [0.2, 0.25) is 0 Å². The standard InChI is InChI=1S/C10H8.C8H7N.4C7H6N2.3C6H5N3/c1-2-6-10-8-4-3-7-9(10)5-1;1-2-6-9-7-3-5-8(9)4-1;1-3-7-8-4-2-6-9(7)5-1;1-3-7-4-2-6-9(7)8-5-1;1-2-7-3-4-8-6-9(7)5-1;1-2-7-6-8-3-5-9(7)4-1;1-3-7-5-9-6(1)2-4-8-9;1-3-7-6-2-4-8-9(6)5-1;1-2-8-9-4-3-7-5-6(1)9/h1-8H;1-7H;4*1-6H;3*1-5H. The smallest absolute Gasteiger partial charge is 0.154 e. The molecule has 18 aromatic rings. The van der Waals surface area contributed by atoms with Crippen LogP contribution in [0.4, 0.5) is 0 Å². The maximum absolute atomic E-state index is 4.10. The lowest BCUT2D eigenvalue weighted by Gasteiger charge is -1.92. The summed E-state index contributed by atoms with van der Waals surface area (Å²) < 4.78 is 15.1. The number of nitrogens with zero attached hydrogens (tertiary/aromatic N) is 18. The Labute approximate surface area is 470 Å². The van der Waals surface area contributed by atoms with Gasteiger partial charge < -0.3 is 17.6 Å². The summed E-state index contributed by atoms with van der Waals surface area (Å²) in [5, 5.41) is 18.6. The Bertz CT molecular complexity index is 3630.